The minimum Gasteiger partial charge on any atom is -0.390 e. The van der Waals surface area contributed by atoms with Crippen molar-refractivity contribution in [3.8, 4) is 0 Å². The van der Waals surface area contributed by atoms with E-state index in [2.05, 4.69) is 20.0 Å². The van der Waals surface area contributed by atoms with Crippen molar-refractivity contribution in [3.63, 3.8) is 0 Å². The second-order valence-corrected chi connectivity index (χ2v) is 8.57. The van der Waals surface area contributed by atoms with Crippen LogP contribution in [0, 0.1) is 80.9 Å². The summed E-state index contributed by atoms with van der Waals surface area (Å²) in [4.78, 5) is 95.8. The smallest absolute Gasteiger partial charge is 0.390 e. The minimum absolute atomic E-state index is 0. The molecule has 0 aliphatic carbocycles. The number of nitro groups is 8. The first-order chi connectivity index (χ1) is 20.8. The van der Waals surface area contributed by atoms with Gasteiger partial charge in [-0.1, -0.05) is 0 Å². The summed E-state index contributed by atoms with van der Waals surface area (Å²) in [6.45, 7) is 0. The fourth-order valence-electron chi connectivity index (χ4n) is 5.29. The summed E-state index contributed by atoms with van der Waals surface area (Å²) in [5.74, 6) is -7.47. The quantitative estimate of drug-likeness (QED) is 0.0673. The molecule has 4 aliphatic rings. The van der Waals surface area contributed by atoms with Crippen molar-refractivity contribution in [1.29, 1.82) is 0 Å². The normalized spacial score (nSPS) is 30.6. The standard InChI is InChI=1S/C8H8BN20O16.Na/c30-22(31)1-10-5(18-14-1,26(38)39)9(6(27(40)41)11-2(15-19-6)23(32)33,7(28(42)43)12-3(16-20-7)24(34)35)8(29(44)45)13-4(17-21-8)25(36)37;/h18-21H,(H,10,14)(H,11,15)(H,12,16)(H,13,17);/q-1;+1. The molecule has 4 heterocycles. The molecule has 0 saturated carbocycles. The van der Waals surface area contributed by atoms with Gasteiger partial charge in [-0.15, -0.1) is 21.7 Å². The summed E-state index contributed by atoms with van der Waals surface area (Å²) in [5.41, 5.74) is -7.65. The molecule has 0 saturated heterocycles. The number of guanidine groups is 4. The second-order valence-electron chi connectivity index (χ2n) is 8.57. The maximum atomic E-state index is 13.0. The Hall–Kier alpha value is -6.02. The Morgan fingerprint density at radius 1 is 0.413 bits per heavy atom. The molecule has 4 aliphatic heterocycles. The zero-order chi connectivity index (χ0) is 33.9. The van der Waals surface area contributed by atoms with E-state index in [9.17, 15) is 80.9 Å². The summed E-state index contributed by atoms with van der Waals surface area (Å²) in [6.07, 6.45) is -6.29. The van der Waals surface area contributed by atoms with Gasteiger partial charge in [-0.05, 0) is 39.7 Å². The number of aliphatic imine (C=N–C) groups is 4. The topological polar surface area (TPSA) is 491 Å². The largest absolute Gasteiger partial charge is 1.00 e. The van der Waals surface area contributed by atoms with Gasteiger partial charge in [0.05, 0.1) is 0 Å². The van der Waals surface area contributed by atoms with Crippen molar-refractivity contribution in [2.75, 3.05) is 0 Å². The molecule has 0 radical (unpaired) electrons. The summed E-state index contributed by atoms with van der Waals surface area (Å²) in [6, 6.07) is 0. The van der Waals surface area contributed by atoms with Crippen molar-refractivity contribution in [2.24, 2.45) is 20.0 Å². The number of hydrogen-bond donors (Lipinski definition) is 8. The Morgan fingerprint density at radius 3 is 0.696 bits per heavy atom. The van der Waals surface area contributed by atoms with Crippen molar-refractivity contribution >= 4 is 30.0 Å². The Morgan fingerprint density at radius 2 is 0.587 bits per heavy atom. The van der Waals surface area contributed by atoms with E-state index in [0.717, 1.165) is 0 Å². The van der Waals surface area contributed by atoms with E-state index in [-0.39, 0.29) is 29.6 Å². The molecule has 0 fully saturated rings. The maximum Gasteiger partial charge on any atom is 1.00 e. The number of nitrogens with zero attached hydrogens (tertiary/aromatic N) is 12. The number of nitrogens with one attached hydrogen (secondary N) is 8. The van der Waals surface area contributed by atoms with Crippen LogP contribution in [0.2, 0.25) is 0 Å². The molecule has 240 valence electrons. The molecule has 0 aromatic carbocycles. The Balaban J connectivity index is 0.00000576. The zero-order valence-electron chi connectivity index (χ0n) is 21.5. The van der Waals surface area contributed by atoms with Crippen LogP contribution in [-0.4, -0.2) is 92.1 Å². The predicted molar refractivity (Wildman–Crippen MR) is 127 cm³/mol. The van der Waals surface area contributed by atoms with E-state index in [4.69, 9.17) is 0 Å². The Kier molecular flexibility index (Phi) is 8.14. The van der Waals surface area contributed by atoms with Crippen LogP contribution in [0.3, 0.4) is 0 Å². The van der Waals surface area contributed by atoms with Gasteiger partial charge in [0.25, 0.3) is 0 Å². The van der Waals surface area contributed by atoms with E-state index in [0.29, 0.717) is 0 Å². The molecule has 36 nitrogen and oxygen atoms in total. The predicted octanol–water partition coefficient (Wildman–Crippen LogP) is -10.7. The SMILES string of the molecule is O=[N+]([O-])C1=NC([N+](=O)[O-])([B-](C2([N+](=O)[O-])N=C([N+](=O)[O-])NN2)(C2([N+](=O)[O-])N=C([N+](=O)[O-])NN2)C2([N+](=O)[O-])N=C([N+](=O)[O-])NN2)NN1.[Na+]. The monoisotopic (exact) mass is 674 g/mol. The van der Waals surface area contributed by atoms with Gasteiger partial charge in [0.15, 0.2) is 0 Å². The van der Waals surface area contributed by atoms with Crippen LogP contribution in [0.4, 0.5) is 0 Å². The van der Waals surface area contributed by atoms with E-state index in [1.807, 2.05) is 0 Å². The van der Waals surface area contributed by atoms with Gasteiger partial charge in [0, 0.05) is 19.7 Å². The third kappa shape index (κ3) is 4.00. The molecule has 4 unspecified atom stereocenters. The first-order valence-corrected chi connectivity index (χ1v) is 10.7. The van der Waals surface area contributed by atoms with Crippen molar-refractivity contribution in [2.45, 2.75) is 22.7 Å². The van der Waals surface area contributed by atoms with Crippen molar-refractivity contribution in [1.82, 2.24) is 43.4 Å². The van der Waals surface area contributed by atoms with Crippen LogP contribution in [0.15, 0.2) is 20.0 Å². The third-order valence-electron chi connectivity index (χ3n) is 6.76. The van der Waals surface area contributed by atoms with Crippen LogP contribution >= 0.6 is 0 Å². The molecule has 8 N–H and O–H groups in total. The minimum atomic E-state index is -6.29. The average molecular weight is 674 g/mol. The van der Waals surface area contributed by atoms with Gasteiger partial charge in [-0.2, -0.15) is 21.7 Å². The maximum absolute atomic E-state index is 13.0. The molecular formula is C8H8BN20NaO16. The molecule has 0 aromatic heterocycles. The van der Waals surface area contributed by atoms with Crippen molar-refractivity contribution < 1.29 is 68.9 Å². The van der Waals surface area contributed by atoms with Crippen LogP contribution in [0.1, 0.15) is 0 Å². The summed E-state index contributed by atoms with van der Waals surface area (Å²) >= 11 is 0. The Bertz CT molecular complexity index is 1410. The van der Waals surface area contributed by atoms with Crippen LogP contribution < -0.4 is 73.0 Å². The molecule has 0 amide bonds. The third-order valence-corrected chi connectivity index (χ3v) is 6.76. The molecule has 0 bridgehead atoms. The molecule has 4 atom stereocenters. The molecule has 4 rings (SSSR count). The van der Waals surface area contributed by atoms with Crippen LogP contribution in [0.25, 0.3) is 0 Å². The van der Waals surface area contributed by atoms with Gasteiger partial charge in [-0.3, -0.25) is 40.5 Å². The van der Waals surface area contributed by atoms with E-state index < -0.39 is 92.1 Å². The zero-order valence-corrected chi connectivity index (χ0v) is 23.5. The summed E-state index contributed by atoms with van der Waals surface area (Å²) < 4.78 is 0. The van der Waals surface area contributed by atoms with Crippen molar-refractivity contribution in [3.05, 3.63) is 80.9 Å². The van der Waals surface area contributed by atoms with Gasteiger partial charge >= 0.3 is 82.3 Å². The average Bonchev–Trinajstić information content (AvgIpc) is 3.75. The fourth-order valence-corrected chi connectivity index (χ4v) is 5.29. The van der Waals surface area contributed by atoms with Gasteiger partial charge in [0.2, 0.25) is 0 Å². The molecule has 46 heavy (non-hydrogen) atoms. The van der Waals surface area contributed by atoms with E-state index in [1.165, 1.54) is 43.4 Å². The first kappa shape index (κ1) is 34.5. The van der Waals surface area contributed by atoms with Gasteiger partial charge in [0.1, 0.15) is 0 Å². The molecule has 0 spiro atoms. The summed E-state index contributed by atoms with van der Waals surface area (Å²) in [7, 11) is 0. The number of hydrogen-bond acceptors (Lipinski definition) is 28. The van der Waals surface area contributed by atoms with E-state index in [1.54, 1.807) is 0 Å². The van der Waals surface area contributed by atoms with E-state index >= 15 is 0 Å². The summed E-state index contributed by atoms with van der Waals surface area (Å²) in [5, 5.41) is 98.3. The Labute approximate surface area is 265 Å². The first-order valence-electron chi connectivity index (χ1n) is 10.7. The molecular weight excluding hydrogens is 666 g/mol. The molecule has 38 heteroatoms. The van der Waals surface area contributed by atoms with Gasteiger partial charge < -0.3 is 40.5 Å². The number of rotatable bonds is 8. The number of hydrazine groups is 4. The molecule has 0 aromatic rings. The van der Waals surface area contributed by atoms with Crippen LogP contribution in [-0.2, 0) is 0 Å². The second kappa shape index (κ2) is 10.9. The fraction of sp³-hybridized carbons (Fsp3) is 0.500. The van der Waals surface area contributed by atoms with Gasteiger partial charge in [-0.25, -0.2) is 0 Å². The van der Waals surface area contributed by atoms with Crippen LogP contribution in [0.5, 0.6) is 0 Å².